The summed E-state index contributed by atoms with van der Waals surface area (Å²) in [6.07, 6.45) is 8.01. The predicted molar refractivity (Wildman–Crippen MR) is 93.4 cm³/mol. The van der Waals surface area contributed by atoms with Crippen LogP contribution in [-0.2, 0) is 4.79 Å². The quantitative estimate of drug-likeness (QED) is 0.874. The molecule has 25 heavy (non-hydrogen) atoms. The van der Waals surface area contributed by atoms with Gasteiger partial charge in [-0.2, -0.15) is 0 Å². The molecule has 6 heteroatoms. The third kappa shape index (κ3) is 5.17. The molecule has 1 saturated carbocycles. The fraction of sp³-hybridized carbons (Fsp3) is 0.421. The van der Waals surface area contributed by atoms with Crippen LogP contribution in [0.15, 0.2) is 48.9 Å². The van der Waals surface area contributed by atoms with Gasteiger partial charge in [-0.05, 0) is 44.7 Å². The fourth-order valence-corrected chi connectivity index (χ4v) is 2.92. The summed E-state index contributed by atoms with van der Waals surface area (Å²) in [6.45, 7) is 1.77. The normalized spacial score (nSPS) is 21.2. The van der Waals surface area contributed by atoms with Crippen molar-refractivity contribution in [2.45, 2.75) is 50.9 Å². The summed E-state index contributed by atoms with van der Waals surface area (Å²) in [4.78, 5) is 20.4. The van der Waals surface area contributed by atoms with Crippen LogP contribution in [0.2, 0.25) is 0 Å². The van der Waals surface area contributed by atoms with Crippen molar-refractivity contribution in [3.05, 3.63) is 48.9 Å². The number of hydrogen-bond donors (Lipinski definition) is 1. The van der Waals surface area contributed by atoms with E-state index in [1.165, 1.54) is 0 Å². The van der Waals surface area contributed by atoms with Gasteiger partial charge in [0, 0.05) is 18.4 Å². The van der Waals surface area contributed by atoms with Gasteiger partial charge in [0.1, 0.15) is 11.9 Å². The highest BCUT2D eigenvalue weighted by Crippen LogP contribution is 2.22. The van der Waals surface area contributed by atoms with Crippen LogP contribution in [-0.4, -0.2) is 34.1 Å². The van der Waals surface area contributed by atoms with E-state index >= 15 is 0 Å². The molecule has 1 N–H and O–H groups in total. The van der Waals surface area contributed by atoms with E-state index in [2.05, 4.69) is 15.3 Å². The van der Waals surface area contributed by atoms with Crippen molar-refractivity contribution in [1.29, 1.82) is 0 Å². The number of amides is 1. The lowest BCUT2D eigenvalue weighted by Crippen LogP contribution is -2.45. The van der Waals surface area contributed by atoms with E-state index in [1.807, 2.05) is 30.3 Å². The van der Waals surface area contributed by atoms with Crippen molar-refractivity contribution in [2.24, 2.45) is 0 Å². The van der Waals surface area contributed by atoms with E-state index in [-0.39, 0.29) is 18.1 Å². The van der Waals surface area contributed by atoms with E-state index in [4.69, 9.17) is 9.47 Å². The van der Waals surface area contributed by atoms with Gasteiger partial charge in [-0.15, -0.1) is 0 Å². The Bertz CT molecular complexity index is 658. The molecule has 1 heterocycles. The molecule has 1 fully saturated rings. The molecule has 6 nitrogen and oxygen atoms in total. The zero-order chi connectivity index (χ0) is 17.5. The van der Waals surface area contributed by atoms with Gasteiger partial charge < -0.3 is 14.8 Å². The van der Waals surface area contributed by atoms with Crippen LogP contribution in [0.4, 0.5) is 0 Å². The molecule has 3 rings (SSSR count). The van der Waals surface area contributed by atoms with Crippen molar-refractivity contribution in [2.75, 3.05) is 0 Å². The van der Waals surface area contributed by atoms with Crippen LogP contribution in [0.25, 0.3) is 0 Å². The Kier molecular flexibility index (Phi) is 5.82. The van der Waals surface area contributed by atoms with Gasteiger partial charge in [0.15, 0.2) is 6.10 Å². The van der Waals surface area contributed by atoms with Gasteiger partial charge in [-0.1, -0.05) is 18.2 Å². The average molecular weight is 341 g/mol. The van der Waals surface area contributed by atoms with Gasteiger partial charge in [0.25, 0.3) is 5.91 Å². The predicted octanol–water partition coefficient (Wildman–Crippen LogP) is 2.75. The van der Waals surface area contributed by atoms with E-state index in [9.17, 15) is 4.79 Å². The summed E-state index contributed by atoms with van der Waals surface area (Å²) in [5.41, 5.74) is 0. The van der Waals surface area contributed by atoms with Crippen LogP contribution < -0.4 is 14.8 Å². The summed E-state index contributed by atoms with van der Waals surface area (Å²) in [7, 11) is 0. The molecule has 0 radical (unpaired) electrons. The zero-order valence-electron chi connectivity index (χ0n) is 14.3. The third-order valence-electron chi connectivity index (χ3n) is 4.27. The smallest absolute Gasteiger partial charge is 0.260 e. The first-order valence-corrected chi connectivity index (χ1v) is 8.65. The van der Waals surface area contributed by atoms with Crippen molar-refractivity contribution < 1.29 is 14.3 Å². The van der Waals surface area contributed by atoms with Gasteiger partial charge in [0.2, 0.25) is 5.88 Å². The number of carbonyl (C=O) groups is 1. The maximum atomic E-state index is 12.3. The standard InChI is InChI=1S/C19H23N3O3/c1-14(24-16-5-3-2-4-6-16)19(23)22-15-7-9-17(10-8-15)25-18-13-20-11-12-21-18/h2-6,11-15,17H,7-10H2,1H3,(H,22,23). The monoisotopic (exact) mass is 341 g/mol. The maximum absolute atomic E-state index is 12.3. The topological polar surface area (TPSA) is 73.3 Å². The molecule has 1 unspecified atom stereocenters. The Balaban J connectivity index is 1.41. The number of nitrogens with one attached hydrogen (secondary N) is 1. The minimum Gasteiger partial charge on any atom is -0.481 e. The van der Waals surface area contributed by atoms with Crippen LogP contribution in [0.1, 0.15) is 32.6 Å². The molecule has 1 aliphatic carbocycles. The first-order chi connectivity index (χ1) is 12.2. The number of rotatable bonds is 6. The van der Waals surface area contributed by atoms with Crippen molar-refractivity contribution in [3.8, 4) is 11.6 Å². The molecular weight excluding hydrogens is 318 g/mol. The highest BCUT2D eigenvalue weighted by atomic mass is 16.5. The van der Waals surface area contributed by atoms with E-state index in [0.717, 1.165) is 25.7 Å². The number of aromatic nitrogens is 2. The Morgan fingerprint density at radius 1 is 1.16 bits per heavy atom. The van der Waals surface area contributed by atoms with Gasteiger partial charge in [-0.25, -0.2) is 4.98 Å². The summed E-state index contributed by atoms with van der Waals surface area (Å²) >= 11 is 0. The highest BCUT2D eigenvalue weighted by molar-refractivity contribution is 5.81. The molecule has 1 aromatic carbocycles. The molecule has 0 saturated heterocycles. The molecular formula is C19H23N3O3. The van der Waals surface area contributed by atoms with Gasteiger partial charge in [-0.3, -0.25) is 9.78 Å². The molecule has 0 aliphatic heterocycles. The Morgan fingerprint density at radius 3 is 2.60 bits per heavy atom. The highest BCUT2D eigenvalue weighted by Gasteiger charge is 2.25. The lowest BCUT2D eigenvalue weighted by Gasteiger charge is -2.29. The Labute approximate surface area is 147 Å². The zero-order valence-corrected chi connectivity index (χ0v) is 14.3. The van der Waals surface area contributed by atoms with E-state index in [0.29, 0.717) is 11.6 Å². The lowest BCUT2D eigenvalue weighted by molar-refractivity contribution is -0.128. The number of benzene rings is 1. The van der Waals surface area contributed by atoms with Crippen molar-refractivity contribution in [3.63, 3.8) is 0 Å². The van der Waals surface area contributed by atoms with Crippen molar-refractivity contribution in [1.82, 2.24) is 15.3 Å². The molecule has 1 aliphatic rings. The number of ether oxygens (including phenoxy) is 2. The molecule has 1 atom stereocenters. The molecule has 132 valence electrons. The van der Waals surface area contributed by atoms with Crippen LogP contribution >= 0.6 is 0 Å². The first-order valence-electron chi connectivity index (χ1n) is 8.65. The molecule has 0 spiro atoms. The lowest BCUT2D eigenvalue weighted by atomic mass is 9.93. The summed E-state index contributed by atoms with van der Waals surface area (Å²) in [5, 5.41) is 3.08. The second-order valence-electron chi connectivity index (χ2n) is 6.22. The second-order valence-corrected chi connectivity index (χ2v) is 6.22. The fourth-order valence-electron chi connectivity index (χ4n) is 2.92. The van der Waals surface area contributed by atoms with Crippen molar-refractivity contribution >= 4 is 5.91 Å². The second kappa shape index (κ2) is 8.46. The van der Waals surface area contributed by atoms with Crippen LogP contribution in [0, 0.1) is 0 Å². The number of carbonyl (C=O) groups excluding carboxylic acids is 1. The molecule has 2 aromatic rings. The molecule has 1 amide bonds. The summed E-state index contributed by atoms with van der Waals surface area (Å²) < 4.78 is 11.5. The Morgan fingerprint density at radius 2 is 1.92 bits per heavy atom. The largest absolute Gasteiger partial charge is 0.481 e. The van der Waals surface area contributed by atoms with Gasteiger partial charge in [0.05, 0.1) is 6.20 Å². The Hall–Kier alpha value is -2.63. The van der Waals surface area contributed by atoms with Crippen LogP contribution in [0.3, 0.4) is 0 Å². The third-order valence-corrected chi connectivity index (χ3v) is 4.27. The minimum absolute atomic E-state index is 0.0813. The number of hydrogen-bond acceptors (Lipinski definition) is 5. The summed E-state index contributed by atoms with van der Waals surface area (Å²) in [6, 6.07) is 9.55. The molecule has 1 aromatic heterocycles. The molecule has 0 bridgehead atoms. The number of para-hydroxylation sites is 1. The van der Waals surface area contributed by atoms with E-state index in [1.54, 1.807) is 25.5 Å². The SMILES string of the molecule is CC(Oc1ccccc1)C(=O)NC1CCC(Oc2cnccn2)CC1. The number of nitrogens with zero attached hydrogens (tertiary/aromatic N) is 2. The van der Waals surface area contributed by atoms with E-state index < -0.39 is 6.10 Å². The van der Waals surface area contributed by atoms with Gasteiger partial charge >= 0.3 is 0 Å². The average Bonchev–Trinajstić information content (AvgIpc) is 2.65. The first kappa shape index (κ1) is 17.2. The summed E-state index contributed by atoms with van der Waals surface area (Å²) in [5.74, 6) is 1.17. The minimum atomic E-state index is -0.518. The van der Waals surface area contributed by atoms with Crippen LogP contribution in [0.5, 0.6) is 11.6 Å². The maximum Gasteiger partial charge on any atom is 0.260 e.